The summed E-state index contributed by atoms with van der Waals surface area (Å²) < 4.78 is 12.1. The Kier molecular flexibility index (Phi) is 16.2. The first-order valence-corrected chi connectivity index (χ1v) is 13.0. The van der Waals surface area contributed by atoms with Crippen molar-refractivity contribution in [1.82, 2.24) is 0 Å². The Morgan fingerprint density at radius 3 is 1.61 bits per heavy atom. The van der Waals surface area contributed by atoms with E-state index in [0.29, 0.717) is 19.3 Å². The Hall–Kier alpha value is -0.900. The van der Waals surface area contributed by atoms with Crippen molar-refractivity contribution in [3.05, 3.63) is 0 Å². The molecular weight excluding hydrogens is 388 g/mol. The molecule has 0 saturated heterocycles. The Bertz CT molecular complexity index is 482. The molecule has 0 heterocycles. The fourth-order valence-corrected chi connectivity index (χ4v) is 3.96. The van der Waals surface area contributed by atoms with Crippen molar-refractivity contribution < 1.29 is 19.1 Å². The third-order valence-corrected chi connectivity index (χ3v) is 6.12. The molecule has 4 heteroatoms. The highest BCUT2D eigenvalue weighted by atomic mass is 16.6. The number of Topliss-reactive ketones (excluding diaryl/α,β-unsaturated/α-hetero) is 1. The number of unbranched alkanes of at least 4 members (excludes halogenated alkanes) is 10. The van der Waals surface area contributed by atoms with Crippen LogP contribution in [-0.4, -0.2) is 29.1 Å². The number of hydrogen-bond acceptors (Lipinski definition) is 4. The summed E-state index contributed by atoms with van der Waals surface area (Å²) in [6.45, 7) is 13.9. The lowest BCUT2D eigenvalue weighted by Crippen LogP contribution is -2.49. The van der Waals surface area contributed by atoms with Crippen LogP contribution in [0, 0.1) is 0 Å². The highest BCUT2D eigenvalue weighted by Gasteiger charge is 2.39. The van der Waals surface area contributed by atoms with Gasteiger partial charge in [0.05, 0.1) is 6.10 Å². The highest BCUT2D eigenvalue weighted by Crippen LogP contribution is 2.28. The molecule has 0 fully saturated rings. The van der Waals surface area contributed by atoms with Crippen LogP contribution in [0.1, 0.15) is 145 Å². The number of esters is 1. The minimum absolute atomic E-state index is 0.135. The monoisotopic (exact) mass is 440 g/mol. The molecule has 0 aliphatic carbocycles. The highest BCUT2D eigenvalue weighted by molar-refractivity contribution is 5.86. The molecule has 0 aromatic heterocycles. The third kappa shape index (κ3) is 14.0. The van der Waals surface area contributed by atoms with Crippen LogP contribution in [0.25, 0.3) is 0 Å². The first-order valence-electron chi connectivity index (χ1n) is 13.0. The summed E-state index contributed by atoms with van der Waals surface area (Å²) in [5.74, 6) is -0.0330. The maximum absolute atomic E-state index is 12.8. The van der Waals surface area contributed by atoms with Gasteiger partial charge in [-0.1, -0.05) is 85.0 Å². The van der Waals surface area contributed by atoms with Gasteiger partial charge in [0.15, 0.2) is 5.78 Å². The van der Waals surface area contributed by atoms with Crippen LogP contribution >= 0.6 is 0 Å². The van der Waals surface area contributed by atoms with Gasteiger partial charge < -0.3 is 9.47 Å². The van der Waals surface area contributed by atoms with E-state index in [4.69, 9.17) is 9.47 Å². The van der Waals surface area contributed by atoms with Crippen molar-refractivity contribution in [3.8, 4) is 0 Å². The normalized spacial score (nSPS) is 13.3. The zero-order valence-corrected chi connectivity index (χ0v) is 21.8. The number of carbonyl (C=O) groups excluding carboxylic acids is 2. The maximum Gasteiger partial charge on any atom is 0.306 e. The summed E-state index contributed by atoms with van der Waals surface area (Å²) in [5, 5.41) is 0. The van der Waals surface area contributed by atoms with Gasteiger partial charge in [-0.15, -0.1) is 0 Å². The Balaban J connectivity index is 4.50. The second-order valence-electron chi connectivity index (χ2n) is 10.1. The topological polar surface area (TPSA) is 52.6 Å². The first-order chi connectivity index (χ1) is 14.6. The first kappa shape index (κ1) is 30.1. The summed E-state index contributed by atoms with van der Waals surface area (Å²) in [4.78, 5) is 25.1. The van der Waals surface area contributed by atoms with E-state index in [0.717, 1.165) is 25.7 Å². The fraction of sp³-hybridized carbons (Fsp3) is 0.926. The second-order valence-corrected chi connectivity index (χ2v) is 10.1. The Labute approximate surface area is 193 Å². The summed E-state index contributed by atoms with van der Waals surface area (Å²) >= 11 is 0. The van der Waals surface area contributed by atoms with E-state index in [1.165, 1.54) is 51.4 Å². The van der Waals surface area contributed by atoms with Crippen LogP contribution in [-0.2, 0) is 19.1 Å². The minimum atomic E-state index is -0.868. The standard InChI is InChI=1S/C27H52O4/c1-8-11-13-15-17-19-21-23(28)26(4,5)30-24(10-3)27(6,7)31-25(29)22-20-18-16-14-12-9-2/h24H,8-22H2,1-7H3. The van der Waals surface area contributed by atoms with Crippen LogP contribution in [0.3, 0.4) is 0 Å². The molecule has 0 amide bonds. The minimum Gasteiger partial charge on any atom is -0.457 e. The molecular formula is C27H52O4. The third-order valence-electron chi connectivity index (χ3n) is 6.12. The van der Waals surface area contributed by atoms with E-state index in [9.17, 15) is 9.59 Å². The van der Waals surface area contributed by atoms with Gasteiger partial charge in [0.25, 0.3) is 0 Å². The average Bonchev–Trinajstić information content (AvgIpc) is 2.70. The molecule has 0 aliphatic rings. The van der Waals surface area contributed by atoms with Crippen molar-refractivity contribution in [2.45, 2.75) is 162 Å². The van der Waals surface area contributed by atoms with Crippen molar-refractivity contribution in [2.75, 3.05) is 0 Å². The predicted octanol–water partition coefficient (Wildman–Crippen LogP) is 7.95. The van der Waals surface area contributed by atoms with Gasteiger partial charge in [0, 0.05) is 12.8 Å². The quantitative estimate of drug-likeness (QED) is 0.142. The molecule has 0 aliphatic heterocycles. The molecule has 0 rings (SSSR count). The van der Waals surface area contributed by atoms with E-state index in [1.54, 1.807) is 0 Å². The average molecular weight is 441 g/mol. The molecule has 0 aromatic rings. The lowest BCUT2D eigenvalue weighted by atomic mass is 9.94. The van der Waals surface area contributed by atoms with Crippen molar-refractivity contribution in [1.29, 1.82) is 0 Å². The van der Waals surface area contributed by atoms with Gasteiger partial charge in [-0.25, -0.2) is 0 Å². The summed E-state index contributed by atoms with van der Waals surface area (Å²) in [7, 11) is 0. The van der Waals surface area contributed by atoms with E-state index >= 15 is 0 Å². The molecule has 1 unspecified atom stereocenters. The van der Waals surface area contributed by atoms with Crippen LogP contribution < -0.4 is 0 Å². The molecule has 31 heavy (non-hydrogen) atoms. The Morgan fingerprint density at radius 1 is 0.677 bits per heavy atom. The maximum atomic E-state index is 12.8. The molecule has 0 spiro atoms. The van der Waals surface area contributed by atoms with E-state index < -0.39 is 11.2 Å². The number of carbonyl (C=O) groups is 2. The van der Waals surface area contributed by atoms with Gasteiger partial charge >= 0.3 is 5.97 Å². The molecule has 0 N–H and O–H groups in total. The number of hydrogen-bond donors (Lipinski definition) is 0. The molecule has 0 radical (unpaired) electrons. The molecule has 0 saturated carbocycles. The summed E-state index contributed by atoms with van der Waals surface area (Å²) in [6.07, 6.45) is 15.2. The van der Waals surface area contributed by atoms with Gasteiger partial charge in [-0.2, -0.15) is 0 Å². The van der Waals surface area contributed by atoms with Crippen molar-refractivity contribution >= 4 is 11.8 Å². The van der Waals surface area contributed by atoms with Crippen LogP contribution in [0.2, 0.25) is 0 Å². The summed E-state index contributed by atoms with van der Waals surface area (Å²) in [6, 6.07) is 0. The molecule has 184 valence electrons. The van der Waals surface area contributed by atoms with E-state index in [1.807, 2.05) is 34.6 Å². The zero-order chi connectivity index (χ0) is 23.8. The SMILES string of the molecule is CCCCCCCCC(=O)OC(C)(C)C(CC)OC(C)(C)C(=O)CCCCCCCC. The molecule has 4 nitrogen and oxygen atoms in total. The lowest BCUT2D eigenvalue weighted by Gasteiger charge is -2.38. The zero-order valence-electron chi connectivity index (χ0n) is 21.8. The number of ketones is 1. The fourth-order valence-electron chi connectivity index (χ4n) is 3.96. The van der Waals surface area contributed by atoms with Crippen molar-refractivity contribution in [3.63, 3.8) is 0 Å². The predicted molar refractivity (Wildman–Crippen MR) is 130 cm³/mol. The molecule has 0 aromatic carbocycles. The van der Waals surface area contributed by atoms with Gasteiger partial charge in [0.1, 0.15) is 11.2 Å². The van der Waals surface area contributed by atoms with E-state index in [-0.39, 0.29) is 17.9 Å². The molecule has 0 bridgehead atoms. The second kappa shape index (κ2) is 16.7. The largest absolute Gasteiger partial charge is 0.457 e. The smallest absolute Gasteiger partial charge is 0.306 e. The van der Waals surface area contributed by atoms with E-state index in [2.05, 4.69) is 13.8 Å². The van der Waals surface area contributed by atoms with Crippen molar-refractivity contribution in [2.24, 2.45) is 0 Å². The molecule has 1 atom stereocenters. The lowest BCUT2D eigenvalue weighted by molar-refractivity contribution is -0.191. The van der Waals surface area contributed by atoms with Crippen LogP contribution in [0.4, 0.5) is 0 Å². The van der Waals surface area contributed by atoms with Gasteiger partial charge in [0.2, 0.25) is 0 Å². The Morgan fingerprint density at radius 2 is 1.13 bits per heavy atom. The number of ether oxygens (including phenoxy) is 2. The van der Waals surface area contributed by atoms with Crippen LogP contribution in [0.15, 0.2) is 0 Å². The van der Waals surface area contributed by atoms with Crippen LogP contribution in [0.5, 0.6) is 0 Å². The van der Waals surface area contributed by atoms with Gasteiger partial charge in [-0.3, -0.25) is 9.59 Å². The van der Waals surface area contributed by atoms with Gasteiger partial charge in [-0.05, 0) is 47.0 Å². The number of rotatable bonds is 20. The summed E-state index contributed by atoms with van der Waals surface area (Å²) in [5.41, 5.74) is -1.63.